The number of aliphatic hydroxyl groups excluding tert-OH is 1. The van der Waals surface area contributed by atoms with E-state index in [1.165, 1.54) is 81.8 Å². The van der Waals surface area contributed by atoms with Crippen molar-refractivity contribution in [1.29, 1.82) is 0 Å². The van der Waals surface area contributed by atoms with Crippen LogP contribution in [0.2, 0.25) is 0 Å². The van der Waals surface area contributed by atoms with Gasteiger partial charge in [0, 0.05) is 0 Å². The number of unbranched alkanes of at least 4 members (excludes halogenated alkanes) is 9. The van der Waals surface area contributed by atoms with Gasteiger partial charge in [0.1, 0.15) is 5.75 Å². The molecule has 0 aromatic heterocycles. The van der Waals surface area contributed by atoms with Crippen molar-refractivity contribution in [1.82, 2.24) is 0 Å². The molecule has 0 amide bonds. The molecule has 0 saturated heterocycles. The average molecular weight is 541 g/mol. The van der Waals surface area contributed by atoms with Crippen LogP contribution in [0.1, 0.15) is 146 Å². The van der Waals surface area contributed by atoms with Gasteiger partial charge in [-0.05, 0) is 104 Å². The zero-order chi connectivity index (χ0) is 27.8. The minimum absolute atomic E-state index is 0.0805. The molecular weight excluding hydrogens is 484 g/mol. The van der Waals surface area contributed by atoms with Gasteiger partial charge in [-0.3, -0.25) is 4.79 Å². The molecule has 0 radical (unpaired) electrons. The smallest absolute Gasteiger partial charge is 0.306 e. The topological polar surface area (TPSA) is 77.8 Å². The fourth-order valence-electron chi connectivity index (χ4n) is 8.92. The summed E-state index contributed by atoms with van der Waals surface area (Å²) >= 11 is 0. The first-order valence-electron chi connectivity index (χ1n) is 16.6. The van der Waals surface area contributed by atoms with E-state index in [1.54, 1.807) is 0 Å². The molecule has 0 spiro atoms. The number of carboxylic acid groups (broad SMARTS) is 1. The van der Waals surface area contributed by atoms with Crippen molar-refractivity contribution in [3.63, 3.8) is 0 Å². The maximum Gasteiger partial charge on any atom is 0.306 e. The molecule has 0 bridgehead atoms. The van der Waals surface area contributed by atoms with Gasteiger partial charge >= 0.3 is 5.97 Å². The van der Waals surface area contributed by atoms with E-state index in [9.17, 15) is 20.1 Å². The van der Waals surface area contributed by atoms with Crippen molar-refractivity contribution in [2.45, 2.75) is 148 Å². The average Bonchev–Trinajstić information content (AvgIpc) is 3.22. The molecule has 5 unspecified atom stereocenters. The molecule has 3 N–H and O–H groups in total. The lowest BCUT2D eigenvalue weighted by atomic mass is 9.52. The van der Waals surface area contributed by atoms with Gasteiger partial charge in [-0.1, -0.05) is 90.5 Å². The molecular formula is C35H56O4. The van der Waals surface area contributed by atoms with Crippen LogP contribution in [0.15, 0.2) is 18.2 Å². The predicted octanol–water partition coefficient (Wildman–Crippen LogP) is 9.02. The number of aliphatic hydroxyl groups is 1. The second kappa shape index (κ2) is 14.4. The van der Waals surface area contributed by atoms with E-state index in [0.717, 1.165) is 51.4 Å². The van der Waals surface area contributed by atoms with Crippen molar-refractivity contribution in [2.24, 2.45) is 29.1 Å². The fraction of sp³-hybridized carbons (Fsp3) is 0.800. The lowest BCUT2D eigenvalue weighted by Gasteiger charge is -2.53. The summed E-state index contributed by atoms with van der Waals surface area (Å²) in [5.41, 5.74) is 2.91. The maximum atomic E-state index is 11.6. The van der Waals surface area contributed by atoms with Crippen LogP contribution in [0.3, 0.4) is 0 Å². The van der Waals surface area contributed by atoms with E-state index in [4.69, 9.17) is 0 Å². The number of benzene rings is 1. The minimum atomic E-state index is -0.597. The standard InChI is InChI=1S/C35H56O4/c1-3-4-5-8-11-14-25(34(38)39)15-12-9-6-7-10-13-16-26-23-27-24-28(36)17-18-29(27)30-21-22-35(2)31(33(26)30)19-20-32(35)37/h17-18,24-26,30-33,36-37H,3-16,19-23H2,1-2H3,(H,38,39)/t25?,26?,30?,31?,32-,33?,35-/m0/s1. The predicted molar refractivity (Wildman–Crippen MR) is 159 cm³/mol. The Morgan fingerprint density at radius 2 is 1.62 bits per heavy atom. The van der Waals surface area contributed by atoms with E-state index in [2.05, 4.69) is 19.9 Å². The van der Waals surface area contributed by atoms with E-state index >= 15 is 0 Å². The van der Waals surface area contributed by atoms with E-state index < -0.39 is 5.97 Å². The number of carboxylic acids is 1. The summed E-state index contributed by atoms with van der Waals surface area (Å²) < 4.78 is 0. The Morgan fingerprint density at radius 3 is 2.31 bits per heavy atom. The normalized spacial score (nSPS) is 30.4. The number of fused-ring (bicyclic) bond motifs is 5. The molecule has 1 aromatic rings. The lowest BCUT2D eigenvalue weighted by Crippen LogP contribution is -2.47. The maximum absolute atomic E-state index is 11.6. The molecule has 2 saturated carbocycles. The van der Waals surface area contributed by atoms with Gasteiger partial charge < -0.3 is 15.3 Å². The van der Waals surface area contributed by atoms with Gasteiger partial charge in [0.05, 0.1) is 12.0 Å². The highest BCUT2D eigenvalue weighted by molar-refractivity contribution is 5.69. The number of hydrogen-bond donors (Lipinski definition) is 3. The summed E-state index contributed by atoms with van der Waals surface area (Å²) in [6, 6.07) is 6.08. The molecule has 1 aromatic carbocycles. The Hall–Kier alpha value is -1.55. The van der Waals surface area contributed by atoms with Gasteiger partial charge in [0.2, 0.25) is 0 Å². The zero-order valence-corrected chi connectivity index (χ0v) is 24.9. The molecule has 7 atom stereocenters. The van der Waals surface area contributed by atoms with Crippen LogP contribution in [0, 0.1) is 29.1 Å². The van der Waals surface area contributed by atoms with Crippen LogP contribution in [0.5, 0.6) is 5.75 Å². The summed E-state index contributed by atoms with van der Waals surface area (Å²) in [6.07, 6.45) is 21.4. The molecule has 2 fully saturated rings. The zero-order valence-electron chi connectivity index (χ0n) is 24.9. The Kier molecular flexibility index (Phi) is 11.2. The number of carbonyl (C=O) groups is 1. The summed E-state index contributed by atoms with van der Waals surface area (Å²) in [5, 5.41) is 30.7. The second-order valence-corrected chi connectivity index (χ2v) is 13.7. The molecule has 3 aliphatic carbocycles. The van der Waals surface area contributed by atoms with Crippen molar-refractivity contribution in [2.75, 3.05) is 0 Å². The van der Waals surface area contributed by atoms with Gasteiger partial charge in [0.25, 0.3) is 0 Å². The van der Waals surface area contributed by atoms with Crippen molar-refractivity contribution in [3.05, 3.63) is 29.3 Å². The van der Waals surface area contributed by atoms with E-state index in [0.29, 0.717) is 29.4 Å². The van der Waals surface area contributed by atoms with Gasteiger partial charge in [-0.2, -0.15) is 0 Å². The van der Waals surface area contributed by atoms with Crippen LogP contribution >= 0.6 is 0 Å². The summed E-state index contributed by atoms with van der Waals surface area (Å²) in [4.78, 5) is 11.6. The summed E-state index contributed by atoms with van der Waals surface area (Å²) in [6.45, 7) is 4.57. The number of phenolic OH excluding ortho intramolecular Hbond substituents is 1. The Balaban J connectivity index is 1.21. The molecule has 0 aliphatic heterocycles. The highest BCUT2D eigenvalue weighted by Gasteiger charge is 2.56. The van der Waals surface area contributed by atoms with Crippen LogP contribution in [-0.4, -0.2) is 27.4 Å². The number of hydrogen-bond acceptors (Lipinski definition) is 3. The largest absolute Gasteiger partial charge is 0.508 e. The van der Waals surface area contributed by atoms with Crippen LogP contribution in [-0.2, 0) is 11.2 Å². The number of phenols is 1. The van der Waals surface area contributed by atoms with Gasteiger partial charge in [-0.25, -0.2) is 0 Å². The van der Waals surface area contributed by atoms with Crippen LogP contribution in [0.25, 0.3) is 0 Å². The van der Waals surface area contributed by atoms with E-state index in [-0.39, 0.29) is 17.4 Å². The molecule has 3 aliphatic rings. The third-order valence-corrected chi connectivity index (χ3v) is 11.2. The molecule has 39 heavy (non-hydrogen) atoms. The molecule has 4 rings (SSSR count). The van der Waals surface area contributed by atoms with Crippen molar-refractivity contribution in [3.8, 4) is 5.75 Å². The lowest BCUT2D eigenvalue weighted by molar-refractivity contribution is -0.142. The quantitative estimate of drug-likeness (QED) is 0.183. The Bertz CT molecular complexity index is 912. The number of aromatic hydroxyl groups is 1. The highest BCUT2D eigenvalue weighted by Crippen LogP contribution is 2.62. The second-order valence-electron chi connectivity index (χ2n) is 13.7. The van der Waals surface area contributed by atoms with Crippen molar-refractivity contribution < 1.29 is 20.1 Å². The van der Waals surface area contributed by atoms with Crippen LogP contribution in [0.4, 0.5) is 0 Å². The number of rotatable bonds is 16. The van der Waals surface area contributed by atoms with Gasteiger partial charge in [0.15, 0.2) is 0 Å². The third-order valence-electron chi connectivity index (χ3n) is 11.2. The fourth-order valence-corrected chi connectivity index (χ4v) is 8.92. The molecule has 0 heterocycles. The van der Waals surface area contributed by atoms with Gasteiger partial charge in [-0.15, -0.1) is 0 Å². The monoisotopic (exact) mass is 540 g/mol. The summed E-state index contributed by atoms with van der Waals surface area (Å²) in [5.74, 6) is 2.15. The molecule has 4 heteroatoms. The Morgan fingerprint density at radius 1 is 0.949 bits per heavy atom. The van der Waals surface area contributed by atoms with Crippen LogP contribution < -0.4 is 0 Å². The Labute approximate surface area is 238 Å². The summed E-state index contributed by atoms with van der Waals surface area (Å²) in [7, 11) is 0. The molecule has 4 nitrogen and oxygen atoms in total. The van der Waals surface area contributed by atoms with Crippen molar-refractivity contribution >= 4 is 5.97 Å². The SMILES string of the molecule is CCCCCCCC(CCCCCCCCC1Cc2cc(O)ccc2C2CC[C@@]3(C)C(CC[C@@H]3O)C12)C(=O)O. The third kappa shape index (κ3) is 7.40. The molecule has 220 valence electrons. The number of aliphatic carboxylic acids is 1. The minimum Gasteiger partial charge on any atom is -0.508 e. The first kappa shape index (κ1) is 30.4. The highest BCUT2D eigenvalue weighted by atomic mass is 16.4. The van der Waals surface area contributed by atoms with E-state index in [1.807, 2.05) is 12.1 Å². The first-order chi connectivity index (χ1) is 18.8. The first-order valence-corrected chi connectivity index (χ1v) is 16.6.